The average molecular weight is 502 g/mol. The number of aromatic nitrogens is 1. The molecule has 1 aromatic carbocycles. The van der Waals surface area contributed by atoms with Gasteiger partial charge in [0.2, 0.25) is 0 Å². The molecule has 2 N–H and O–H groups in total. The van der Waals surface area contributed by atoms with Crippen LogP contribution in [0.1, 0.15) is 37.7 Å². The highest BCUT2D eigenvalue weighted by Crippen LogP contribution is 2.33. The molecule has 0 saturated carbocycles. The topological polar surface area (TPSA) is 81.7 Å². The Labute approximate surface area is 209 Å². The quantitative estimate of drug-likeness (QED) is 0.472. The molecule has 0 radical (unpaired) electrons. The van der Waals surface area contributed by atoms with Crippen molar-refractivity contribution in [2.75, 3.05) is 25.6 Å². The van der Waals surface area contributed by atoms with Crippen LogP contribution in [0.15, 0.2) is 47.9 Å². The van der Waals surface area contributed by atoms with E-state index in [1.807, 2.05) is 12.1 Å². The Kier molecular flexibility index (Phi) is 8.37. The maximum atomic E-state index is 12.9. The Bertz CT molecular complexity index is 1090. The molecule has 180 valence electrons. The molecule has 2 aliphatic rings. The van der Waals surface area contributed by atoms with Crippen molar-refractivity contribution in [3.05, 3.63) is 58.5 Å². The van der Waals surface area contributed by atoms with Crippen molar-refractivity contribution in [2.24, 2.45) is 0 Å². The first-order chi connectivity index (χ1) is 16.6. The number of nitrogens with one attached hydrogen (secondary N) is 2. The van der Waals surface area contributed by atoms with Crippen LogP contribution in [0.3, 0.4) is 0 Å². The lowest BCUT2D eigenvalue weighted by atomic mass is 9.94. The number of benzene rings is 1. The molecule has 7 nitrogen and oxygen atoms in total. The van der Waals surface area contributed by atoms with Crippen molar-refractivity contribution in [3.63, 3.8) is 0 Å². The summed E-state index contributed by atoms with van der Waals surface area (Å²) in [7, 11) is 1.54. The van der Waals surface area contributed by atoms with E-state index in [1.165, 1.54) is 0 Å². The second-order valence-electron chi connectivity index (χ2n) is 8.19. The summed E-state index contributed by atoms with van der Waals surface area (Å²) in [6, 6.07) is 7.26. The third-order valence-corrected chi connectivity index (χ3v) is 6.47. The summed E-state index contributed by atoms with van der Waals surface area (Å²) < 4.78 is 17.0. The summed E-state index contributed by atoms with van der Waals surface area (Å²) in [5.41, 5.74) is 2.88. The number of para-hydroxylation sites is 1. The molecule has 1 aliphatic heterocycles. The smallest absolute Gasteiger partial charge is 0.167 e. The third-order valence-electron chi connectivity index (χ3n) is 5.87. The van der Waals surface area contributed by atoms with Crippen molar-refractivity contribution in [1.29, 1.82) is 0 Å². The van der Waals surface area contributed by atoms with E-state index in [0.717, 1.165) is 43.6 Å². The van der Waals surface area contributed by atoms with Crippen molar-refractivity contribution in [2.45, 2.75) is 44.8 Å². The van der Waals surface area contributed by atoms with Crippen LogP contribution in [-0.4, -0.2) is 42.2 Å². The number of carbonyl (C=O) groups is 1. The highest BCUT2D eigenvalue weighted by Gasteiger charge is 2.25. The minimum absolute atomic E-state index is 0.0110. The lowest BCUT2D eigenvalue weighted by Gasteiger charge is -2.23. The number of carbonyl (C=O) groups excluding carboxylic acids is 1. The molecule has 2 aromatic rings. The molecule has 1 saturated heterocycles. The summed E-state index contributed by atoms with van der Waals surface area (Å²) in [6.45, 7) is 1.77. The van der Waals surface area contributed by atoms with Gasteiger partial charge in [-0.1, -0.05) is 29.9 Å². The van der Waals surface area contributed by atoms with Gasteiger partial charge >= 0.3 is 0 Å². The first-order valence-corrected chi connectivity index (χ1v) is 12.2. The van der Waals surface area contributed by atoms with Gasteiger partial charge in [0.05, 0.1) is 35.7 Å². The fourth-order valence-electron chi connectivity index (χ4n) is 4.13. The van der Waals surface area contributed by atoms with E-state index in [-0.39, 0.29) is 11.9 Å². The average Bonchev–Trinajstić information content (AvgIpc) is 3.36. The van der Waals surface area contributed by atoms with E-state index in [1.54, 1.807) is 31.6 Å². The summed E-state index contributed by atoms with van der Waals surface area (Å²) in [5.74, 6) is 1.20. The van der Waals surface area contributed by atoms with E-state index >= 15 is 0 Å². The maximum Gasteiger partial charge on any atom is 0.167 e. The second kappa shape index (κ2) is 11.6. The molecule has 0 bridgehead atoms. The van der Waals surface area contributed by atoms with Crippen LogP contribution < -0.4 is 20.1 Å². The number of anilines is 1. The number of halogens is 1. The highest BCUT2D eigenvalue weighted by molar-refractivity contribution is 7.81. The van der Waals surface area contributed by atoms with E-state index in [4.69, 9.17) is 38.0 Å². The van der Waals surface area contributed by atoms with Gasteiger partial charge in [0.1, 0.15) is 17.3 Å². The van der Waals surface area contributed by atoms with Crippen molar-refractivity contribution >= 4 is 40.3 Å². The van der Waals surface area contributed by atoms with E-state index in [0.29, 0.717) is 52.3 Å². The van der Waals surface area contributed by atoms with Crippen LogP contribution in [0.5, 0.6) is 11.5 Å². The number of hydrogen-bond acceptors (Lipinski definition) is 7. The monoisotopic (exact) mass is 501 g/mol. The molecule has 4 rings (SSSR count). The number of hydrogen-bond donors (Lipinski definition) is 2. The zero-order chi connectivity index (χ0) is 23.9. The number of nitrogens with zero attached hydrogens (tertiary/aromatic N) is 1. The first-order valence-electron chi connectivity index (χ1n) is 11.4. The summed E-state index contributed by atoms with van der Waals surface area (Å²) in [4.78, 5) is 17.4. The van der Waals surface area contributed by atoms with Crippen molar-refractivity contribution in [3.8, 4) is 11.5 Å². The van der Waals surface area contributed by atoms with Crippen LogP contribution in [0, 0.1) is 0 Å². The fraction of sp³-hybridized carbons (Fsp3) is 0.400. The molecule has 2 heterocycles. The molecule has 1 atom stereocenters. The third kappa shape index (κ3) is 5.87. The molecule has 34 heavy (non-hydrogen) atoms. The summed E-state index contributed by atoms with van der Waals surface area (Å²) in [6.07, 6.45) is 7.60. The first kappa shape index (κ1) is 24.4. The number of ether oxygens (including phenoxy) is 3. The van der Waals surface area contributed by atoms with Crippen LogP contribution in [-0.2, 0) is 16.1 Å². The van der Waals surface area contributed by atoms with Gasteiger partial charge in [-0.15, -0.1) is 0 Å². The Morgan fingerprint density at radius 3 is 2.97 bits per heavy atom. The van der Waals surface area contributed by atoms with E-state index < -0.39 is 0 Å². The SMILES string of the molecule is COc1c(Cl)cccc1NC(=S)C1=C(NCc2ccncc2OC[C@@H]2CCCO2)CCCC1=O. The summed E-state index contributed by atoms with van der Waals surface area (Å²) >= 11 is 11.9. The molecule has 1 aromatic heterocycles. The normalized spacial score (nSPS) is 18.1. The standard InChI is InChI=1S/C25H28ClN3O4S/c1-31-24-18(26)6-2-8-20(24)29-25(34)23-19(7-3-9-21(23)30)28-13-16-10-11-27-14-22(16)33-15-17-5-4-12-32-17/h2,6,8,10-11,14,17,28H,3-5,7,9,12-13,15H2,1H3,(H,29,34)/t17-/m0/s1. The maximum absolute atomic E-state index is 12.9. The number of rotatable bonds is 9. The van der Waals surface area contributed by atoms with Crippen LogP contribution in [0.2, 0.25) is 5.02 Å². The Balaban J connectivity index is 1.49. The lowest BCUT2D eigenvalue weighted by Crippen LogP contribution is -2.29. The number of thiocarbonyl (C=S) groups is 1. The van der Waals surface area contributed by atoms with Gasteiger partial charge < -0.3 is 24.8 Å². The molecular weight excluding hydrogens is 474 g/mol. The molecule has 1 aliphatic carbocycles. The van der Waals surface area contributed by atoms with Crippen LogP contribution in [0.25, 0.3) is 0 Å². The predicted octanol–water partition coefficient (Wildman–Crippen LogP) is 4.84. The van der Waals surface area contributed by atoms with Gasteiger partial charge in [-0.3, -0.25) is 9.78 Å². The van der Waals surface area contributed by atoms with Crippen LogP contribution >= 0.6 is 23.8 Å². The van der Waals surface area contributed by atoms with Gasteiger partial charge in [0.15, 0.2) is 11.5 Å². The number of allylic oxidation sites excluding steroid dienone is 1. The number of ketones is 1. The van der Waals surface area contributed by atoms with Gasteiger partial charge in [-0.05, 0) is 43.9 Å². The molecule has 0 amide bonds. The zero-order valence-corrected chi connectivity index (χ0v) is 20.6. The molecule has 0 unspecified atom stereocenters. The Morgan fingerprint density at radius 2 is 2.18 bits per heavy atom. The second-order valence-corrected chi connectivity index (χ2v) is 9.00. The molecular formula is C25H28ClN3O4S. The predicted molar refractivity (Wildman–Crippen MR) is 136 cm³/mol. The van der Waals surface area contributed by atoms with E-state index in [9.17, 15) is 4.79 Å². The molecule has 9 heteroatoms. The molecule has 0 spiro atoms. The summed E-state index contributed by atoms with van der Waals surface area (Å²) in [5, 5.41) is 7.04. The lowest BCUT2D eigenvalue weighted by molar-refractivity contribution is -0.115. The van der Waals surface area contributed by atoms with E-state index in [2.05, 4.69) is 15.6 Å². The number of methoxy groups -OCH3 is 1. The minimum atomic E-state index is 0.0110. The van der Waals surface area contributed by atoms with Gasteiger partial charge in [0.25, 0.3) is 0 Å². The van der Waals surface area contributed by atoms with Gasteiger partial charge in [0, 0.05) is 37.0 Å². The number of Topliss-reactive ketones (excluding diaryl/α,β-unsaturated/α-hetero) is 1. The van der Waals surface area contributed by atoms with Gasteiger partial charge in [-0.2, -0.15) is 0 Å². The van der Waals surface area contributed by atoms with Crippen molar-refractivity contribution < 1.29 is 19.0 Å². The zero-order valence-electron chi connectivity index (χ0n) is 19.1. The fourth-order valence-corrected chi connectivity index (χ4v) is 4.73. The molecule has 1 fully saturated rings. The largest absolute Gasteiger partial charge is 0.493 e. The van der Waals surface area contributed by atoms with Crippen LogP contribution in [0.4, 0.5) is 5.69 Å². The Morgan fingerprint density at radius 1 is 1.29 bits per heavy atom. The minimum Gasteiger partial charge on any atom is -0.493 e. The highest BCUT2D eigenvalue weighted by atomic mass is 35.5. The Hall–Kier alpha value is -2.68. The van der Waals surface area contributed by atoms with Gasteiger partial charge in [-0.25, -0.2) is 0 Å². The number of pyridine rings is 1. The van der Waals surface area contributed by atoms with Crippen molar-refractivity contribution in [1.82, 2.24) is 10.3 Å².